The van der Waals surface area contributed by atoms with E-state index in [9.17, 15) is 18.0 Å². The average Bonchev–Trinajstić information content (AvgIpc) is 3.64. The average molecular weight is 486 g/mol. The zero-order valence-corrected chi connectivity index (χ0v) is 19.4. The molecule has 4 rings (SSSR count). The van der Waals surface area contributed by atoms with Gasteiger partial charge in [0.25, 0.3) is 0 Å². The first-order chi connectivity index (χ1) is 16.8. The van der Waals surface area contributed by atoms with Crippen LogP contribution in [0.2, 0.25) is 0 Å². The SMILES string of the molecule is CC(=O)NC(C)c1ccc(OCc2c(F)cc(Oc3cccc(OCC4CC4)c3F)cc2F)cc1. The van der Waals surface area contributed by atoms with Crippen molar-refractivity contribution >= 4 is 5.91 Å². The molecule has 1 atom stereocenters. The van der Waals surface area contributed by atoms with Crippen LogP contribution in [0.1, 0.15) is 43.9 Å². The lowest BCUT2D eigenvalue weighted by atomic mass is 10.1. The van der Waals surface area contributed by atoms with Crippen LogP contribution in [0, 0.1) is 23.4 Å². The van der Waals surface area contributed by atoms with E-state index in [4.69, 9.17) is 14.2 Å². The number of carbonyl (C=O) groups is 1. The second-order valence-corrected chi connectivity index (χ2v) is 8.57. The zero-order valence-electron chi connectivity index (χ0n) is 19.4. The molecule has 1 aliphatic carbocycles. The zero-order chi connectivity index (χ0) is 24.9. The summed E-state index contributed by atoms with van der Waals surface area (Å²) in [4.78, 5) is 11.2. The third kappa shape index (κ3) is 6.47. The van der Waals surface area contributed by atoms with Crippen LogP contribution in [0.3, 0.4) is 0 Å². The van der Waals surface area contributed by atoms with E-state index in [1.54, 1.807) is 30.3 Å². The molecule has 0 aromatic heterocycles. The van der Waals surface area contributed by atoms with Crippen molar-refractivity contribution < 1.29 is 32.2 Å². The molecule has 184 valence electrons. The molecule has 0 saturated heterocycles. The number of amides is 1. The molecule has 0 radical (unpaired) electrons. The van der Waals surface area contributed by atoms with Crippen molar-refractivity contribution in [1.82, 2.24) is 5.32 Å². The van der Waals surface area contributed by atoms with Gasteiger partial charge in [-0.15, -0.1) is 0 Å². The fraction of sp³-hybridized carbons (Fsp3) is 0.296. The molecule has 0 heterocycles. The fourth-order valence-electron chi connectivity index (χ4n) is 3.47. The van der Waals surface area contributed by atoms with E-state index in [1.807, 2.05) is 6.92 Å². The summed E-state index contributed by atoms with van der Waals surface area (Å²) in [5, 5.41) is 2.77. The molecule has 35 heavy (non-hydrogen) atoms. The van der Waals surface area contributed by atoms with Crippen molar-refractivity contribution in [2.75, 3.05) is 6.61 Å². The summed E-state index contributed by atoms with van der Waals surface area (Å²) in [6.45, 7) is 3.35. The van der Waals surface area contributed by atoms with Crippen molar-refractivity contribution in [1.29, 1.82) is 0 Å². The number of nitrogens with one attached hydrogen (secondary N) is 1. The molecule has 3 aromatic carbocycles. The molecule has 1 N–H and O–H groups in total. The molecular weight excluding hydrogens is 459 g/mol. The minimum Gasteiger partial charge on any atom is -0.490 e. The molecule has 1 fully saturated rings. The highest BCUT2D eigenvalue weighted by Gasteiger charge is 2.23. The van der Waals surface area contributed by atoms with Crippen molar-refractivity contribution in [2.45, 2.75) is 39.3 Å². The second kappa shape index (κ2) is 10.7. The van der Waals surface area contributed by atoms with Crippen LogP contribution in [0.5, 0.6) is 23.0 Å². The quantitative estimate of drug-likeness (QED) is 0.358. The third-order valence-electron chi connectivity index (χ3n) is 5.62. The van der Waals surface area contributed by atoms with Crippen molar-refractivity contribution in [3.05, 3.63) is 83.2 Å². The van der Waals surface area contributed by atoms with E-state index in [1.165, 1.54) is 19.1 Å². The Morgan fingerprint density at radius 2 is 1.63 bits per heavy atom. The molecule has 0 bridgehead atoms. The molecular formula is C27H26F3NO4. The highest BCUT2D eigenvalue weighted by molar-refractivity contribution is 5.73. The Bertz CT molecular complexity index is 1170. The van der Waals surface area contributed by atoms with Crippen LogP contribution < -0.4 is 19.5 Å². The van der Waals surface area contributed by atoms with Gasteiger partial charge in [0.15, 0.2) is 11.5 Å². The van der Waals surface area contributed by atoms with Crippen molar-refractivity contribution in [3.8, 4) is 23.0 Å². The van der Waals surface area contributed by atoms with E-state index < -0.39 is 17.5 Å². The second-order valence-electron chi connectivity index (χ2n) is 8.57. The standard InChI is InChI=1S/C27H26F3NO4/c1-16(31-17(2)32)19-8-10-20(11-9-19)33-15-22-23(28)12-21(13-24(22)29)35-26-5-3-4-25(27(26)30)34-14-18-6-7-18/h3-5,8-13,16,18H,6-7,14-15H2,1-2H3,(H,31,32). The Labute approximate surface area is 201 Å². The molecule has 1 aliphatic rings. The number of hydrogen-bond acceptors (Lipinski definition) is 4. The molecule has 1 unspecified atom stereocenters. The predicted molar refractivity (Wildman–Crippen MR) is 124 cm³/mol. The lowest BCUT2D eigenvalue weighted by molar-refractivity contribution is -0.119. The summed E-state index contributed by atoms with van der Waals surface area (Å²) >= 11 is 0. The Hall–Kier alpha value is -3.68. The van der Waals surface area contributed by atoms with Gasteiger partial charge in [0, 0.05) is 19.1 Å². The number of hydrogen-bond donors (Lipinski definition) is 1. The van der Waals surface area contributed by atoms with Crippen LogP contribution in [0.15, 0.2) is 54.6 Å². The van der Waals surface area contributed by atoms with E-state index >= 15 is 0 Å². The highest BCUT2D eigenvalue weighted by atomic mass is 19.1. The molecule has 1 saturated carbocycles. The Morgan fingerprint density at radius 1 is 0.971 bits per heavy atom. The lowest BCUT2D eigenvalue weighted by Crippen LogP contribution is -2.23. The van der Waals surface area contributed by atoms with Crippen LogP contribution >= 0.6 is 0 Å². The Balaban J connectivity index is 1.40. The first kappa shape index (κ1) is 24.4. The largest absolute Gasteiger partial charge is 0.490 e. The van der Waals surface area contributed by atoms with Gasteiger partial charge in [-0.25, -0.2) is 8.78 Å². The van der Waals surface area contributed by atoms with Crippen LogP contribution in [-0.4, -0.2) is 12.5 Å². The van der Waals surface area contributed by atoms with Gasteiger partial charge in [0.05, 0.1) is 18.2 Å². The maximum Gasteiger partial charge on any atom is 0.217 e. The number of carbonyl (C=O) groups excluding carboxylic acids is 1. The minimum atomic E-state index is -0.877. The van der Waals surface area contributed by atoms with E-state index in [0.29, 0.717) is 18.3 Å². The van der Waals surface area contributed by atoms with Crippen LogP contribution in [0.25, 0.3) is 0 Å². The lowest BCUT2D eigenvalue weighted by Gasteiger charge is -2.14. The van der Waals surface area contributed by atoms with Gasteiger partial charge in [-0.05, 0) is 55.5 Å². The van der Waals surface area contributed by atoms with Gasteiger partial charge in [-0.3, -0.25) is 4.79 Å². The monoisotopic (exact) mass is 485 g/mol. The van der Waals surface area contributed by atoms with Gasteiger partial charge >= 0.3 is 0 Å². The smallest absolute Gasteiger partial charge is 0.217 e. The maximum atomic E-state index is 14.7. The number of ether oxygens (including phenoxy) is 3. The third-order valence-corrected chi connectivity index (χ3v) is 5.62. The molecule has 0 aliphatic heterocycles. The molecule has 8 heteroatoms. The summed E-state index contributed by atoms with van der Waals surface area (Å²) in [7, 11) is 0. The van der Waals surface area contributed by atoms with Gasteiger partial charge < -0.3 is 19.5 Å². The Kier molecular flexibility index (Phi) is 7.48. The van der Waals surface area contributed by atoms with Gasteiger partial charge in [-0.1, -0.05) is 18.2 Å². The van der Waals surface area contributed by atoms with Gasteiger partial charge in [0.2, 0.25) is 11.7 Å². The molecule has 0 spiro atoms. The fourth-order valence-corrected chi connectivity index (χ4v) is 3.47. The van der Waals surface area contributed by atoms with Crippen LogP contribution in [0.4, 0.5) is 13.2 Å². The molecule has 3 aromatic rings. The summed E-state index contributed by atoms with van der Waals surface area (Å²) in [5.41, 5.74) is 0.579. The number of benzene rings is 3. The number of halogens is 3. The predicted octanol–water partition coefficient (Wildman–Crippen LogP) is 6.46. The summed E-state index contributed by atoms with van der Waals surface area (Å²) in [6, 6.07) is 13.0. The van der Waals surface area contributed by atoms with Crippen LogP contribution in [-0.2, 0) is 11.4 Å². The summed E-state index contributed by atoms with van der Waals surface area (Å²) in [5.74, 6) is -2.10. The number of rotatable bonds is 10. The minimum absolute atomic E-state index is 0.0397. The van der Waals surface area contributed by atoms with Gasteiger partial charge in [-0.2, -0.15) is 4.39 Å². The van der Waals surface area contributed by atoms with E-state index in [2.05, 4.69) is 5.32 Å². The highest BCUT2D eigenvalue weighted by Crippen LogP contribution is 2.34. The van der Waals surface area contributed by atoms with E-state index in [-0.39, 0.29) is 41.4 Å². The first-order valence-corrected chi connectivity index (χ1v) is 11.4. The van der Waals surface area contributed by atoms with Crippen molar-refractivity contribution in [2.24, 2.45) is 5.92 Å². The Morgan fingerprint density at radius 3 is 2.26 bits per heavy atom. The first-order valence-electron chi connectivity index (χ1n) is 11.4. The van der Waals surface area contributed by atoms with Crippen molar-refractivity contribution in [3.63, 3.8) is 0 Å². The molecule has 5 nitrogen and oxygen atoms in total. The summed E-state index contributed by atoms with van der Waals surface area (Å²) < 4.78 is 60.4. The topological polar surface area (TPSA) is 56.8 Å². The summed E-state index contributed by atoms with van der Waals surface area (Å²) in [6.07, 6.45) is 2.13. The normalized spacial score (nSPS) is 13.7. The van der Waals surface area contributed by atoms with E-state index in [0.717, 1.165) is 30.5 Å². The molecule has 1 amide bonds. The maximum absolute atomic E-state index is 14.7. The van der Waals surface area contributed by atoms with Gasteiger partial charge in [0.1, 0.15) is 29.7 Å².